The van der Waals surface area contributed by atoms with Crippen LogP contribution in [0.4, 0.5) is 11.4 Å². The summed E-state index contributed by atoms with van der Waals surface area (Å²) in [6.45, 7) is 0. The van der Waals surface area contributed by atoms with Gasteiger partial charge in [-0.05, 0) is 57.2 Å². The number of nitrogens with zero attached hydrogens (tertiary/aromatic N) is 2. The van der Waals surface area contributed by atoms with Gasteiger partial charge in [-0.1, -0.05) is 34.0 Å². The van der Waals surface area contributed by atoms with Gasteiger partial charge in [-0.2, -0.15) is 0 Å². The maximum Gasteiger partial charge on any atom is 0.255 e. The predicted octanol–water partition coefficient (Wildman–Crippen LogP) is 2.34. The molecule has 3 unspecified atom stereocenters. The molecule has 1 aromatic carbocycles. The predicted molar refractivity (Wildman–Crippen MR) is 162 cm³/mol. The average molecular weight is 682 g/mol. The van der Waals surface area contributed by atoms with Gasteiger partial charge in [-0.15, -0.1) is 0 Å². The monoisotopic (exact) mass is 680 g/mol. The number of ketones is 2. The number of benzene rings is 1. The molecule has 1 saturated carbocycles. The van der Waals surface area contributed by atoms with E-state index in [1.165, 1.54) is 4.90 Å². The summed E-state index contributed by atoms with van der Waals surface area (Å²) in [6, 6.07) is -1.10. The number of phenols is 1. The zero-order chi connectivity index (χ0) is 31.9. The molecule has 43 heavy (non-hydrogen) atoms. The molecular formula is C29H34BrClN4O8. The highest BCUT2D eigenvalue weighted by atomic mass is 79.9. The molecule has 0 heterocycles. The third kappa shape index (κ3) is 4.46. The van der Waals surface area contributed by atoms with Crippen molar-refractivity contribution in [2.75, 3.05) is 38.4 Å². The molecule has 2 amide bonds. The standard InChI is InChI=1S/C29H34BrClN4O8/c1-34(2)20-12-8-11-9-13-21(35(3)4)24(38)16(27(32)41)26(40)29(13,43)25(39)14(11)22(36)15(12)23(37)19(18(20)31)33-28(42)17(30)10-6-5-7-10/h10-11,13,17,21,37-39,43H,5-9H2,1-4H3,(H2,32,41)(H,33,42)/t11?,13?,17?,21-,29-/m0/s1. The Kier molecular flexibility index (Phi) is 7.86. The number of allylic oxidation sites excluding steroid dienone is 1. The van der Waals surface area contributed by atoms with E-state index in [9.17, 15) is 39.6 Å². The summed E-state index contributed by atoms with van der Waals surface area (Å²) in [5.41, 5.74) is 1.78. The number of primary amides is 1. The number of amides is 2. The molecule has 1 fully saturated rings. The van der Waals surface area contributed by atoms with Crippen LogP contribution in [0.5, 0.6) is 5.75 Å². The summed E-state index contributed by atoms with van der Waals surface area (Å²) in [5.74, 6) is -7.93. The number of Topliss-reactive ketones (excluding diaryl/α,β-unsaturated/α-hetero) is 2. The van der Waals surface area contributed by atoms with Crippen molar-refractivity contribution in [1.82, 2.24) is 4.90 Å². The summed E-state index contributed by atoms with van der Waals surface area (Å²) >= 11 is 10.2. The van der Waals surface area contributed by atoms with Crippen LogP contribution in [0.1, 0.15) is 41.6 Å². The number of hydrogen-bond acceptors (Lipinski definition) is 10. The van der Waals surface area contributed by atoms with E-state index < -0.39 is 74.5 Å². The van der Waals surface area contributed by atoms with Gasteiger partial charge in [-0.3, -0.25) is 24.1 Å². The minimum absolute atomic E-state index is 0.0189. The maximum absolute atomic E-state index is 14.2. The molecule has 1 aromatic rings. The quantitative estimate of drug-likeness (QED) is 0.147. The Labute approximate surface area is 261 Å². The highest BCUT2D eigenvalue weighted by molar-refractivity contribution is 9.10. The first kappa shape index (κ1) is 31.3. The number of halogens is 2. The number of nitrogens with two attached hydrogens (primary N) is 1. The zero-order valence-corrected chi connectivity index (χ0v) is 26.4. The Balaban J connectivity index is 1.68. The van der Waals surface area contributed by atoms with Gasteiger partial charge < -0.3 is 36.4 Å². The van der Waals surface area contributed by atoms with Crippen LogP contribution >= 0.6 is 27.5 Å². The van der Waals surface area contributed by atoms with Crippen molar-refractivity contribution in [3.05, 3.63) is 38.8 Å². The minimum atomic E-state index is -2.75. The highest BCUT2D eigenvalue weighted by Gasteiger charge is 2.63. The van der Waals surface area contributed by atoms with Crippen molar-refractivity contribution in [2.45, 2.75) is 48.6 Å². The Morgan fingerprint density at radius 3 is 2.28 bits per heavy atom. The number of phenolic OH excluding ortho intramolecular Hbond substituents is 1. The Hall–Kier alpha value is -3.13. The molecule has 12 nitrogen and oxygen atoms in total. The number of anilines is 2. The summed E-state index contributed by atoms with van der Waals surface area (Å²) in [4.78, 5) is 55.5. The van der Waals surface area contributed by atoms with Gasteiger partial charge in [-0.25, -0.2) is 0 Å². The second-order valence-electron chi connectivity index (χ2n) is 12.2. The van der Waals surface area contributed by atoms with Crippen LogP contribution in [0.2, 0.25) is 5.02 Å². The molecular weight excluding hydrogens is 648 g/mol. The van der Waals surface area contributed by atoms with Crippen molar-refractivity contribution in [2.24, 2.45) is 23.5 Å². The van der Waals surface area contributed by atoms with Crippen LogP contribution in [0, 0.1) is 17.8 Å². The summed E-state index contributed by atoms with van der Waals surface area (Å²) in [7, 11) is 6.50. The van der Waals surface area contributed by atoms with E-state index in [-0.39, 0.29) is 40.6 Å². The van der Waals surface area contributed by atoms with Crippen molar-refractivity contribution >= 4 is 62.3 Å². The van der Waals surface area contributed by atoms with Crippen LogP contribution < -0.4 is 16.0 Å². The fourth-order valence-corrected chi connectivity index (χ4v) is 8.12. The number of likely N-dealkylation sites (N-methyl/N-ethyl adjacent to an activating group) is 1. The zero-order valence-electron chi connectivity index (χ0n) is 24.1. The van der Waals surface area contributed by atoms with Gasteiger partial charge in [0.25, 0.3) is 5.91 Å². The van der Waals surface area contributed by atoms with Gasteiger partial charge >= 0.3 is 0 Å². The van der Waals surface area contributed by atoms with Gasteiger partial charge in [0.2, 0.25) is 11.7 Å². The third-order valence-electron chi connectivity index (χ3n) is 9.31. The average Bonchev–Trinajstić information content (AvgIpc) is 2.86. The van der Waals surface area contributed by atoms with Crippen LogP contribution in [-0.2, 0) is 20.8 Å². The molecule has 0 aromatic heterocycles. The lowest BCUT2D eigenvalue weighted by molar-refractivity contribution is -0.148. The summed E-state index contributed by atoms with van der Waals surface area (Å²) in [6.07, 6.45) is 2.75. The molecule has 7 N–H and O–H groups in total. The van der Waals surface area contributed by atoms with E-state index in [2.05, 4.69) is 21.2 Å². The number of nitrogens with one attached hydrogen (secondary N) is 1. The Morgan fingerprint density at radius 1 is 1.14 bits per heavy atom. The fraction of sp³-hybridized carbons (Fsp3) is 0.517. The van der Waals surface area contributed by atoms with E-state index >= 15 is 0 Å². The minimum Gasteiger partial charge on any atom is -0.510 e. The fourth-order valence-electron chi connectivity index (χ4n) is 7.05. The largest absolute Gasteiger partial charge is 0.510 e. The second kappa shape index (κ2) is 10.8. The molecule has 232 valence electrons. The molecule has 0 saturated heterocycles. The summed E-state index contributed by atoms with van der Waals surface area (Å²) < 4.78 is 0. The number of carbonyl (C=O) groups is 4. The van der Waals surface area contributed by atoms with Crippen molar-refractivity contribution < 1.29 is 39.6 Å². The number of aliphatic hydroxyl groups is 3. The molecule has 0 radical (unpaired) electrons. The SMILES string of the molecule is CN(C)c1c(Cl)c(NC(=O)C(Br)C2CCC2)c(O)c2c1CC1CC3[C@H](N(C)C)C(O)=C(C(N)=O)C(=O)[C@@]3(O)C(O)=C1C2=O. The topological polar surface area (TPSA) is 194 Å². The highest BCUT2D eigenvalue weighted by Crippen LogP contribution is 2.55. The van der Waals surface area contributed by atoms with Gasteiger partial charge in [0.15, 0.2) is 17.1 Å². The molecule has 5 atom stereocenters. The number of aliphatic hydroxyl groups excluding tert-OH is 2. The van der Waals surface area contributed by atoms with Gasteiger partial charge in [0.05, 0.1) is 27.1 Å². The van der Waals surface area contributed by atoms with Crippen LogP contribution in [0.25, 0.3) is 0 Å². The Morgan fingerprint density at radius 2 is 1.77 bits per heavy atom. The van der Waals surface area contributed by atoms with E-state index in [1.54, 1.807) is 33.1 Å². The molecule has 0 aliphatic heterocycles. The van der Waals surface area contributed by atoms with Crippen molar-refractivity contribution in [3.8, 4) is 5.75 Å². The molecule has 4 aliphatic rings. The van der Waals surface area contributed by atoms with Crippen LogP contribution in [0.3, 0.4) is 0 Å². The first-order valence-electron chi connectivity index (χ1n) is 13.9. The van der Waals surface area contributed by atoms with Gasteiger partial charge in [0, 0.05) is 25.6 Å². The number of alkyl halides is 1. The lowest BCUT2D eigenvalue weighted by Gasteiger charge is -2.50. The van der Waals surface area contributed by atoms with Gasteiger partial charge in [0.1, 0.15) is 22.8 Å². The maximum atomic E-state index is 14.2. The third-order valence-corrected chi connectivity index (χ3v) is 10.8. The number of fused-ring (bicyclic) bond motifs is 3. The van der Waals surface area contributed by atoms with E-state index in [1.807, 2.05) is 0 Å². The molecule has 14 heteroatoms. The molecule has 0 bridgehead atoms. The summed E-state index contributed by atoms with van der Waals surface area (Å²) in [5, 5.41) is 48.4. The Bertz CT molecular complexity index is 1530. The molecule has 0 spiro atoms. The van der Waals surface area contributed by atoms with E-state index in [0.717, 1.165) is 19.3 Å². The number of hydrogen-bond donors (Lipinski definition) is 6. The molecule has 5 rings (SSSR count). The van der Waals surface area contributed by atoms with Crippen LogP contribution in [-0.4, -0.2) is 93.4 Å². The first-order chi connectivity index (χ1) is 20.0. The smallest absolute Gasteiger partial charge is 0.255 e. The van der Waals surface area contributed by atoms with Crippen molar-refractivity contribution in [1.29, 1.82) is 0 Å². The van der Waals surface area contributed by atoms with E-state index in [0.29, 0.717) is 11.3 Å². The lowest BCUT2D eigenvalue weighted by Crippen LogP contribution is -2.63. The van der Waals surface area contributed by atoms with Crippen molar-refractivity contribution in [3.63, 3.8) is 0 Å². The van der Waals surface area contributed by atoms with E-state index in [4.69, 9.17) is 17.3 Å². The normalized spacial score (nSPS) is 27.8. The second-order valence-corrected chi connectivity index (χ2v) is 13.5. The lowest BCUT2D eigenvalue weighted by atomic mass is 9.58. The van der Waals surface area contributed by atoms with Crippen LogP contribution in [0.15, 0.2) is 22.7 Å². The number of aromatic hydroxyl groups is 1. The number of rotatable bonds is 6. The number of carbonyl (C=O) groups excluding carboxylic acids is 4. The molecule has 4 aliphatic carbocycles. The first-order valence-corrected chi connectivity index (χ1v) is 15.2.